The molecule has 0 bridgehead atoms. The lowest BCUT2D eigenvalue weighted by Gasteiger charge is -2.13. The lowest BCUT2D eigenvalue weighted by atomic mass is 10.0. The molecule has 1 atom stereocenters. The van der Waals surface area contributed by atoms with Gasteiger partial charge in [0.25, 0.3) is 0 Å². The fourth-order valence-electron chi connectivity index (χ4n) is 1.40. The number of aliphatic hydroxyl groups excluding tert-OH is 3. The minimum absolute atomic E-state index is 0.0228. The van der Waals surface area contributed by atoms with Gasteiger partial charge >= 0.3 is 5.97 Å². The summed E-state index contributed by atoms with van der Waals surface area (Å²) in [6, 6.07) is 0. The van der Waals surface area contributed by atoms with E-state index in [9.17, 15) is 9.90 Å². The molecule has 0 amide bonds. The van der Waals surface area contributed by atoms with Gasteiger partial charge < -0.3 is 20.1 Å². The second-order valence-electron chi connectivity index (χ2n) is 4.26. The predicted octanol–water partition coefficient (Wildman–Crippen LogP) is 0.772. The number of ether oxygens (including phenoxy) is 1. The molecule has 0 fully saturated rings. The van der Waals surface area contributed by atoms with Gasteiger partial charge in [0.05, 0.1) is 12.7 Å². The highest BCUT2D eigenvalue weighted by atomic mass is 16.5. The Hall–Kier alpha value is -0.910. The zero-order chi connectivity index (χ0) is 14.0. The molecule has 0 aromatic carbocycles. The van der Waals surface area contributed by atoms with Crippen molar-refractivity contribution in [1.82, 2.24) is 0 Å². The highest BCUT2D eigenvalue weighted by Crippen LogP contribution is 2.14. The van der Waals surface area contributed by atoms with Crippen molar-refractivity contribution < 1.29 is 24.9 Å². The van der Waals surface area contributed by atoms with Crippen LogP contribution in [-0.4, -0.2) is 47.2 Å². The zero-order valence-corrected chi connectivity index (χ0v) is 11.2. The molecule has 0 heterocycles. The zero-order valence-electron chi connectivity index (χ0n) is 11.2. The Labute approximate surface area is 108 Å². The Morgan fingerprint density at radius 1 is 1.11 bits per heavy atom. The van der Waals surface area contributed by atoms with Crippen molar-refractivity contribution in [3.8, 4) is 0 Å². The molecule has 5 heteroatoms. The van der Waals surface area contributed by atoms with E-state index in [2.05, 4.69) is 0 Å². The first kappa shape index (κ1) is 17.1. The summed E-state index contributed by atoms with van der Waals surface area (Å²) in [5.74, 6) is -0.437. The normalized spacial score (nSPS) is 14.1. The summed E-state index contributed by atoms with van der Waals surface area (Å²) in [5, 5.41) is 27.0. The van der Waals surface area contributed by atoms with Gasteiger partial charge in [0, 0.05) is 18.8 Å². The number of carbonyl (C=O) groups excluding carboxylic acids is 1. The van der Waals surface area contributed by atoms with E-state index >= 15 is 0 Å². The highest BCUT2D eigenvalue weighted by Gasteiger charge is 2.15. The third-order valence-electron chi connectivity index (χ3n) is 2.82. The molecule has 18 heavy (non-hydrogen) atoms. The van der Waals surface area contributed by atoms with Crippen LogP contribution in [0.3, 0.4) is 0 Å². The SMILES string of the molecule is CC(C(=O)OCCCCO)=C(C)C(O)CCCO. The van der Waals surface area contributed by atoms with Crippen LogP contribution in [0.15, 0.2) is 11.1 Å². The molecule has 0 aliphatic heterocycles. The maximum atomic E-state index is 11.6. The van der Waals surface area contributed by atoms with Gasteiger partial charge in [-0.1, -0.05) is 0 Å². The second-order valence-corrected chi connectivity index (χ2v) is 4.26. The number of hydrogen-bond acceptors (Lipinski definition) is 5. The summed E-state index contributed by atoms with van der Waals surface area (Å²) in [7, 11) is 0. The van der Waals surface area contributed by atoms with Crippen molar-refractivity contribution in [2.75, 3.05) is 19.8 Å². The molecule has 0 aromatic rings. The van der Waals surface area contributed by atoms with Crippen LogP contribution in [-0.2, 0) is 9.53 Å². The Bertz CT molecular complexity index is 273. The van der Waals surface area contributed by atoms with Gasteiger partial charge in [-0.2, -0.15) is 0 Å². The van der Waals surface area contributed by atoms with Crippen LogP contribution < -0.4 is 0 Å². The quantitative estimate of drug-likeness (QED) is 0.324. The van der Waals surface area contributed by atoms with Crippen LogP contribution in [0, 0.1) is 0 Å². The van der Waals surface area contributed by atoms with Crippen LogP contribution in [0.2, 0.25) is 0 Å². The van der Waals surface area contributed by atoms with Crippen LogP contribution in [0.5, 0.6) is 0 Å². The van der Waals surface area contributed by atoms with Gasteiger partial charge in [-0.05, 0) is 45.1 Å². The largest absolute Gasteiger partial charge is 0.462 e. The molecule has 0 radical (unpaired) electrons. The molecule has 0 spiro atoms. The summed E-state index contributed by atoms with van der Waals surface area (Å²) < 4.78 is 5.01. The highest BCUT2D eigenvalue weighted by molar-refractivity contribution is 5.88. The minimum Gasteiger partial charge on any atom is -0.462 e. The van der Waals surface area contributed by atoms with E-state index < -0.39 is 12.1 Å². The lowest BCUT2D eigenvalue weighted by Crippen LogP contribution is -2.16. The molecular weight excluding hydrogens is 236 g/mol. The van der Waals surface area contributed by atoms with E-state index in [4.69, 9.17) is 14.9 Å². The van der Waals surface area contributed by atoms with Crippen LogP contribution in [0.1, 0.15) is 39.5 Å². The molecule has 0 rings (SSSR count). The topological polar surface area (TPSA) is 87.0 Å². The number of rotatable bonds is 9. The number of unbranched alkanes of at least 4 members (excludes halogenated alkanes) is 1. The van der Waals surface area contributed by atoms with E-state index in [0.717, 1.165) is 0 Å². The Morgan fingerprint density at radius 3 is 2.28 bits per heavy atom. The van der Waals surface area contributed by atoms with E-state index in [0.29, 0.717) is 36.8 Å². The molecule has 0 aliphatic rings. The average molecular weight is 260 g/mol. The van der Waals surface area contributed by atoms with E-state index in [1.807, 2.05) is 0 Å². The summed E-state index contributed by atoms with van der Waals surface area (Å²) in [4.78, 5) is 11.6. The maximum absolute atomic E-state index is 11.6. The van der Waals surface area contributed by atoms with Crippen molar-refractivity contribution in [3.63, 3.8) is 0 Å². The first-order valence-electron chi connectivity index (χ1n) is 6.28. The summed E-state index contributed by atoms with van der Waals surface area (Å²) in [5.41, 5.74) is 0.986. The number of esters is 1. The second kappa shape index (κ2) is 10.1. The number of carbonyl (C=O) groups is 1. The standard InChI is InChI=1S/C13H24O5/c1-10(12(16)6-5-8-15)11(2)13(17)18-9-4-3-7-14/h12,14-16H,3-9H2,1-2H3. The smallest absolute Gasteiger partial charge is 0.333 e. The summed E-state index contributed by atoms with van der Waals surface area (Å²) >= 11 is 0. The Kier molecular flexibility index (Phi) is 9.55. The van der Waals surface area contributed by atoms with Gasteiger partial charge in [0.15, 0.2) is 0 Å². The van der Waals surface area contributed by atoms with Crippen LogP contribution >= 0.6 is 0 Å². The molecule has 1 unspecified atom stereocenters. The number of aliphatic hydroxyl groups is 3. The summed E-state index contributed by atoms with van der Waals surface area (Å²) in [6.45, 7) is 3.69. The van der Waals surface area contributed by atoms with E-state index in [-0.39, 0.29) is 19.8 Å². The molecule has 106 valence electrons. The number of hydrogen-bond donors (Lipinski definition) is 3. The third-order valence-corrected chi connectivity index (χ3v) is 2.82. The van der Waals surface area contributed by atoms with E-state index in [1.165, 1.54) is 0 Å². The van der Waals surface area contributed by atoms with E-state index in [1.54, 1.807) is 13.8 Å². The minimum atomic E-state index is -0.720. The van der Waals surface area contributed by atoms with Crippen molar-refractivity contribution in [2.45, 2.75) is 45.6 Å². The van der Waals surface area contributed by atoms with Gasteiger partial charge in [-0.15, -0.1) is 0 Å². The summed E-state index contributed by atoms with van der Waals surface area (Å²) in [6.07, 6.45) is 1.44. The Morgan fingerprint density at radius 2 is 1.72 bits per heavy atom. The third kappa shape index (κ3) is 6.74. The monoisotopic (exact) mass is 260 g/mol. The van der Waals surface area contributed by atoms with Crippen molar-refractivity contribution >= 4 is 5.97 Å². The van der Waals surface area contributed by atoms with Crippen molar-refractivity contribution in [3.05, 3.63) is 11.1 Å². The van der Waals surface area contributed by atoms with Gasteiger partial charge in [-0.3, -0.25) is 0 Å². The van der Waals surface area contributed by atoms with Crippen LogP contribution in [0.25, 0.3) is 0 Å². The van der Waals surface area contributed by atoms with Crippen molar-refractivity contribution in [1.29, 1.82) is 0 Å². The molecule has 0 aromatic heterocycles. The molecule has 5 nitrogen and oxygen atoms in total. The first-order valence-corrected chi connectivity index (χ1v) is 6.28. The average Bonchev–Trinajstić information content (AvgIpc) is 2.38. The molecule has 0 saturated carbocycles. The predicted molar refractivity (Wildman–Crippen MR) is 68.0 cm³/mol. The first-order chi connectivity index (χ1) is 8.54. The van der Waals surface area contributed by atoms with Gasteiger partial charge in [-0.25, -0.2) is 4.79 Å². The molecule has 0 saturated heterocycles. The maximum Gasteiger partial charge on any atom is 0.333 e. The molecule has 3 N–H and O–H groups in total. The molecule has 0 aliphatic carbocycles. The van der Waals surface area contributed by atoms with Crippen molar-refractivity contribution in [2.24, 2.45) is 0 Å². The lowest BCUT2D eigenvalue weighted by molar-refractivity contribution is -0.139. The fraction of sp³-hybridized carbons (Fsp3) is 0.769. The van der Waals surface area contributed by atoms with Gasteiger partial charge in [0.1, 0.15) is 0 Å². The fourth-order valence-corrected chi connectivity index (χ4v) is 1.40. The Balaban J connectivity index is 4.21. The van der Waals surface area contributed by atoms with Gasteiger partial charge in [0.2, 0.25) is 0 Å². The van der Waals surface area contributed by atoms with Crippen LogP contribution in [0.4, 0.5) is 0 Å². The molecular formula is C13H24O5.